The second-order valence-corrected chi connectivity index (χ2v) is 10.3. The standard InChI is InChI=1S/C30H22F3N7O2S/c1-18-16-27(40-28(34-18)38-29(39-40)43-17-26-36-23-4-2-3-5-24(23)37-26)35-21-11-9-20(10-12-21)25(41)15-8-19-6-13-22(14-7-19)42-30(31,32)33/h2-16,35H,17H2,1H3,(H,36,37)/b15-8+. The number of hydrogen-bond acceptors (Lipinski definition) is 8. The number of allylic oxidation sites excluding steroid dienone is 1. The van der Waals surface area contributed by atoms with Crippen LogP contribution in [0, 0.1) is 6.92 Å². The molecule has 3 aromatic heterocycles. The van der Waals surface area contributed by atoms with E-state index in [-0.39, 0.29) is 11.5 Å². The Morgan fingerprint density at radius 2 is 1.79 bits per heavy atom. The maximum atomic E-state index is 12.7. The zero-order chi connectivity index (χ0) is 30.0. The van der Waals surface area contributed by atoms with Gasteiger partial charge in [-0.25, -0.2) is 9.97 Å². The van der Waals surface area contributed by atoms with E-state index in [0.717, 1.165) is 28.2 Å². The van der Waals surface area contributed by atoms with E-state index in [0.29, 0.717) is 33.6 Å². The molecular formula is C30H22F3N7O2S. The van der Waals surface area contributed by atoms with Crippen molar-refractivity contribution in [3.05, 3.63) is 108 Å². The summed E-state index contributed by atoms with van der Waals surface area (Å²) in [5.41, 5.74) is 4.36. The summed E-state index contributed by atoms with van der Waals surface area (Å²) in [6.07, 6.45) is -1.88. The maximum Gasteiger partial charge on any atom is 0.573 e. The van der Waals surface area contributed by atoms with E-state index < -0.39 is 6.36 Å². The van der Waals surface area contributed by atoms with Crippen LogP contribution in [-0.2, 0) is 5.75 Å². The highest BCUT2D eigenvalue weighted by Crippen LogP contribution is 2.25. The van der Waals surface area contributed by atoms with Crippen LogP contribution in [0.25, 0.3) is 22.9 Å². The number of carbonyl (C=O) groups excluding carboxylic acids is 1. The number of rotatable bonds is 9. The Morgan fingerprint density at radius 3 is 2.53 bits per heavy atom. The SMILES string of the molecule is Cc1cc(Nc2ccc(C(=O)/C=C/c3ccc(OC(F)(F)F)cc3)cc2)n2nc(SCc3nc4ccccc4[nH]3)nc2n1. The van der Waals surface area contributed by atoms with Crippen molar-refractivity contribution in [1.29, 1.82) is 0 Å². The normalized spacial score (nSPS) is 11.9. The molecular weight excluding hydrogens is 579 g/mol. The predicted molar refractivity (Wildman–Crippen MR) is 157 cm³/mol. The van der Waals surface area contributed by atoms with Crippen molar-refractivity contribution >= 4 is 51.9 Å². The molecule has 13 heteroatoms. The van der Waals surface area contributed by atoms with Crippen molar-refractivity contribution in [3.63, 3.8) is 0 Å². The van der Waals surface area contributed by atoms with Crippen LogP contribution < -0.4 is 10.1 Å². The van der Waals surface area contributed by atoms with Gasteiger partial charge >= 0.3 is 6.36 Å². The molecule has 0 bridgehead atoms. The number of H-pyrrole nitrogens is 1. The molecule has 2 N–H and O–H groups in total. The number of anilines is 2. The molecule has 0 atom stereocenters. The lowest BCUT2D eigenvalue weighted by atomic mass is 10.1. The van der Waals surface area contributed by atoms with Gasteiger partial charge in [0.1, 0.15) is 17.4 Å². The van der Waals surface area contributed by atoms with Gasteiger partial charge in [-0.3, -0.25) is 4.79 Å². The van der Waals surface area contributed by atoms with Crippen molar-refractivity contribution in [2.24, 2.45) is 0 Å². The Labute approximate surface area is 246 Å². The minimum Gasteiger partial charge on any atom is -0.406 e. The van der Waals surface area contributed by atoms with Gasteiger partial charge in [0.25, 0.3) is 5.78 Å². The summed E-state index contributed by atoms with van der Waals surface area (Å²) in [5, 5.41) is 8.48. The number of alkyl halides is 3. The largest absolute Gasteiger partial charge is 0.573 e. The van der Waals surface area contributed by atoms with Crippen LogP contribution in [0.15, 0.2) is 90.1 Å². The number of carbonyl (C=O) groups is 1. The van der Waals surface area contributed by atoms with Gasteiger partial charge in [-0.1, -0.05) is 42.1 Å². The Balaban J connectivity index is 1.11. The molecule has 0 spiro atoms. The second-order valence-electron chi connectivity index (χ2n) is 9.40. The Kier molecular flexibility index (Phi) is 7.55. The molecule has 216 valence electrons. The molecule has 43 heavy (non-hydrogen) atoms. The molecule has 0 saturated heterocycles. The molecule has 0 saturated carbocycles. The zero-order valence-corrected chi connectivity index (χ0v) is 23.3. The number of ketones is 1. The number of nitrogens with one attached hydrogen (secondary N) is 2. The molecule has 6 aromatic rings. The van der Waals surface area contributed by atoms with Crippen LogP contribution in [0.4, 0.5) is 24.7 Å². The molecule has 3 heterocycles. The number of aromatic amines is 1. The fraction of sp³-hybridized carbons (Fsp3) is 0.100. The average molecular weight is 602 g/mol. The van der Waals surface area contributed by atoms with Gasteiger partial charge in [0.15, 0.2) is 5.78 Å². The zero-order valence-electron chi connectivity index (χ0n) is 22.5. The number of ether oxygens (including phenoxy) is 1. The molecule has 9 nitrogen and oxygen atoms in total. The van der Waals surface area contributed by atoms with Crippen LogP contribution >= 0.6 is 11.8 Å². The lowest BCUT2D eigenvalue weighted by molar-refractivity contribution is -0.274. The fourth-order valence-corrected chi connectivity index (χ4v) is 4.93. The number of benzene rings is 3. The third kappa shape index (κ3) is 6.84. The number of nitrogens with zero attached hydrogens (tertiary/aromatic N) is 5. The van der Waals surface area contributed by atoms with E-state index in [1.807, 2.05) is 37.3 Å². The maximum absolute atomic E-state index is 12.7. The van der Waals surface area contributed by atoms with E-state index in [4.69, 9.17) is 0 Å². The monoisotopic (exact) mass is 601 g/mol. The van der Waals surface area contributed by atoms with Crippen LogP contribution in [-0.4, -0.2) is 41.7 Å². The topological polar surface area (TPSA) is 110 Å². The lowest BCUT2D eigenvalue weighted by Crippen LogP contribution is -2.16. The average Bonchev–Trinajstić information content (AvgIpc) is 3.59. The summed E-state index contributed by atoms with van der Waals surface area (Å²) in [5.74, 6) is 1.91. The van der Waals surface area contributed by atoms with Gasteiger partial charge < -0.3 is 15.0 Å². The van der Waals surface area contributed by atoms with Gasteiger partial charge in [0.05, 0.1) is 16.8 Å². The van der Waals surface area contributed by atoms with Crippen molar-refractivity contribution in [1.82, 2.24) is 29.5 Å². The van der Waals surface area contributed by atoms with Crippen molar-refractivity contribution in [2.75, 3.05) is 5.32 Å². The lowest BCUT2D eigenvalue weighted by Gasteiger charge is -2.09. The third-order valence-corrected chi connectivity index (χ3v) is 7.03. The Morgan fingerprint density at radius 1 is 1.02 bits per heavy atom. The number of aromatic nitrogens is 6. The van der Waals surface area contributed by atoms with E-state index in [2.05, 4.69) is 35.1 Å². The van der Waals surface area contributed by atoms with Gasteiger partial charge in [0.2, 0.25) is 5.16 Å². The molecule has 0 aliphatic heterocycles. The van der Waals surface area contributed by atoms with Gasteiger partial charge in [0, 0.05) is 23.0 Å². The van der Waals surface area contributed by atoms with E-state index in [1.54, 1.807) is 28.8 Å². The summed E-state index contributed by atoms with van der Waals surface area (Å²) >= 11 is 1.45. The molecule has 0 radical (unpaired) electrons. The van der Waals surface area contributed by atoms with Crippen molar-refractivity contribution in [3.8, 4) is 5.75 Å². The third-order valence-electron chi connectivity index (χ3n) is 6.18. The molecule has 0 aliphatic carbocycles. The van der Waals surface area contributed by atoms with Crippen LogP contribution in [0.1, 0.15) is 27.4 Å². The number of para-hydroxylation sites is 2. The number of fused-ring (bicyclic) bond motifs is 2. The molecule has 0 aliphatic rings. The summed E-state index contributed by atoms with van der Waals surface area (Å²) in [6, 6.07) is 21.8. The predicted octanol–water partition coefficient (Wildman–Crippen LogP) is 7.14. The minimum absolute atomic E-state index is 0.258. The molecule has 3 aromatic carbocycles. The summed E-state index contributed by atoms with van der Waals surface area (Å²) in [4.78, 5) is 29.6. The highest BCUT2D eigenvalue weighted by molar-refractivity contribution is 7.98. The highest BCUT2D eigenvalue weighted by atomic mass is 32.2. The molecule has 0 fully saturated rings. The number of aryl methyl sites for hydroxylation is 1. The minimum atomic E-state index is -4.76. The van der Waals surface area contributed by atoms with E-state index in [9.17, 15) is 18.0 Å². The van der Waals surface area contributed by atoms with Crippen molar-refractivity contribution in [2.45, 2.75) is 24.2 Å². The van der Waals surface area contributed by atoms with E-state index in [1.165, 1.54) is 48.2 Å². The first-order valence-corrected chi connectivity index (χ1v) is 13.9. The summed E-state index contributed by atoms with van der Waals surface area (Å²) in [7, 11) is 0. The first-order chi connectivity index (χ1) is 20.7. The fourth-order valence-electron chi connectivity index (χ4n) is 4.24. The van der Waals surface area contributed by atoms with Crippen LogP contribution in [0.5, 0.6) is 5.75 Å². The van der Waals surface area contributed by atoms with Crippen LogP contribution in [0.3, 0.4) is 0 Å². The van der Waals surface area contributed by atoms with Gasteiger partial charge in [-0.15, -0.1) is 18.3 Å². The smallest absolute Gasteiger partial charge is 0.406 e. The first kappa shape index (κ1) is 28.0. The number of thioether (sulfide) groups is 1. The number of hydrogen-bond donors (Lipinski definition) is 2. The van der Waals surface area contributed by atoms with Crippen LogP contribution in [0.2, 0.25) is 0 Å². The summed E-state index contributed by atoms with van der Waals surface area (Å²) in [6.45, 7) is 1.87. The molecule has 0 unspecified atom stereocenters. The number of halogens is 3. The van der Waals surface area contributed by atoms with Crippen molar-refractivity contribution < 1.29 is 22.7 Å². The quantitative estimate of drug-likeness (QED) is 0.102. The number of imidazole rings is 1. The van der Waals surface area contributed by atoms with E-state index >= 15 is 0 Å². The van der Waals surface area contributed by atoms with Gasteiger partial charge in [-0.2, -0.15) is 9.50 Å². The Bertz CT molecular complexity index is 1920. The second kappa shape index (κ2) is 11.6. The Hall–Kier alpha value is -5.17. The van der Waals surface area contributed by atoms with Gasteiger partial charge in [-0.05, 0) is 67.1 Å². The highest BCUT2D eigenvalue weighted by Gasteiger charge is 2.30. The summed E-state index contributed by atoms with van der Waals surface area (Å²) < 4.78 is 42.5. The molecule has 0 amide bonds. The first-order valence-electron chi connectivity index (χ1n) is 12.9. The molecule has 6 rings (SSSR count).